The Morgan fingerprint density at radius 1 is 1.07 bits per heavy atom. The highest BCUT2D eigenvalue weighted by Crippen LogP contribution is 2.30. The first kappa shape index (κ1) is 21.6. The Kier molecular flexibility index (Phi) is 6.26. The number of carbonyl (C=O) groups is 2. The van der Waals surface area contributed by atoms with Crippen LogP contribution >= 0.6 is 0 Å². The van der Waals surface area contributed by atoms with E-state index in [1.165, 1.54) is 17.0 Å². The number of methoxy groups -OCH3 is 2. The lowest BCUT2D eigenvalue weighted by molar-refractivity contribution is -0.901. The van der Waals surface area contributed by atoms with Crippen molar-refractivity contribution in [1.82, 2.24) is 10.2 Å². The predicted molar refractivity (Wildman–Crippen MR) is 109 cm³/mol. The van der Waals surface area contributed by atoms with Gasteiger partial charge in [-0.1, -0.05) is 18.2 Å². The molecular formula is C22H27FN3O4+. The Labute approximate surface area is 175 Å². The number of imide groups is 1. The van der Waals surface area contributed by atoms with Crippen LogP contribution in [-0.2, 0) is 17.8 Å². The number of rotatable bonds is 8. The number of urea groups is 1. The number of halogens is 1. The van der Waals surface area contributed by atoms with Crippen LogP contribution in [-0.4, -0.2) is 50.3 Å². The van der Waals surface area contributed by atoms with Crippen molar-refractivity contribution < 1.29 is 28.4 Å². The second-order valence-corrected chi connectivity index (χ2v) is 7.78. The van der Waals surface area contributed by atoms with Gasteiger partial charge in [-0.05, 0) is 36.8 Å². The minimum atomic E-state index is -1.06. The van der Waals surface area contributed by atoms with Crippen LogP contribution in [0.1, 0.15) is 18.1 Å². The molecule has 1 heterocycles. The van der Waals surface area contributed by atoms with Crippen molar-refractivity contribution in [2.24, 2.45) is 0 Å². The van der Waals surface area contributed by atoms with Gasteiger partial charge in [0.25, 0.3) is 5.91 Å². The summed E-state index contributed by atoms with van der Waals surface area (Å²) >= 11 is 0. The average molecular weight is 416 g/mol. The van der Waals surface area contributed by atoms with Gasteiger partial charge < -0.3 is 19.7 Å². The third-order valence-electron chi connectivity index (χ3n) is 5.17. The smallest absolute Gasteiger partial charge is 0.329 e. The Balaban J connectivity index is 1.70. The number of nitrogens with one attached hydrogen (secondary N) is 2. The molecule has 3 amide bonds. The van der Waals surface area contributed by atoms with E-state index in [0.29, 0.717) is 24.5 Å². The first-order chi connectivity index (χ1) is 14.3. The molecule has 0 spiro atoms. The zero-order valence-electron chi connectivity index (χ0n) is 17.6. The van der Waals surface area contributed by atoms with Crippen LogP contribution in [0.2, 0.25) is 0 Å². The molecule has 8 heteroatoms. The maximum absolute atomic E-state index is 13.4. The first-order valence-electron chi connectivity index (χ1n) is 9.66. The number of carbonyl (C=O) groups excluding carboxylic acids is 2. The van der Waals surface area contributed by atoms with E-state index in [9.17, 15) is 14.0 Å². The molecule has 0 aromatic heterocycles. The fraction of sp³-hybridized carbons (Fsp3) is 0.364. The largest absolute Gasteiger partial charge is 0.493 e. The van der Waals surface area contributed by atoms with Gasteiger partial charge >= 0.3 is 6.03 Å². The summed E-state index contributed by atoms with van der Waals surface area (Å²) in [6.45, 7) is 2.38. The molecule has 2 N–H and O–H groups in total. The number of quaternary nitrogens is 1. The highest BCUT2D eigenvalue weighted by Gasteiger charge is 2.48. The van der Waals surface area contributed by atoms with Crippen LogP contribution in [0, 0.1) is 5.82 Å². The summed E-state index contributed by atoms with van der Waals surface area (Å²) in [6, 6.07) is 11.3. The van der Waals surface area contributed by atoms with E-state index in [-0.39, 0.29) is 18.4 Å². The lowest BCUT2D eigenvalue weighted by Crippen LogP contribution is -3.09. The van der Waals surface area contributed by atoms with Crippen LogP contribution < -0.4 is 19.7 Å². The molecule has 0 aliphatic carbocycles. The fourth-order valence-corrected chi connectivity index (χ4v) is 3.73. The van der Waals surface area contributed by atoms with Gasteiger partial charge in [-0.25, -0.2) is 14.1 Å². The van der Waals surface area contributed by atoms with E-state index < -0.39 is 11.6 Å². The van der Waals surface area contributed by atoms with Crippen LogP contribution in [0.5, 0.6) is 11.5 Å². The maximum atomic E-state index is 13.4. The lowest BCUT2D eigenvalue weighted by Gasteiger charge is -2.23. The average Bonchev–Trinajstić information content (AvgIpc) is 2.90. The molecule has 2 aromatic carbocycles. The molecule has 2 aromatic rings. The zero-order chi connectivity index (χ0) is 21.9. The summed E-state index contributed by atoms with van der Waals surface area (Å²) in [5.41, 5.74) is 0.578. The molecule has 160 valence electrons. The highest BCUT2D eigenvalue weighted by molar-refractivity contribution is 6.06. The molecule has 1 aliphatic heterocycles. The molecule has 3 rings (SSSR count). The summed E-state index contributed by atoms with van der Waals surface area (Å²) in [7, 11) is 4.96. The Morgan fingerprint density at radius 3 is 2.47 bits per heavy atom. The number of benzene rings is 2. The van der Waals surface area contributed by atoms with Crippen LogP contribution in [0.15, 0.2) is 42.5 Å². The van der Waals surface area contributed by atoms with Crippen molar-refractivity contribution in [3.8, 4) is 11.5 Å². The molecule has 0 saturated carbocycles. The number of nitrogens with zero attached hydrogens (tertiary/aromatic N) is 1. The van der Waals surface area contributed by atoms with E-state index in [0.717, 1.165) is 16.0 Å². The fourth-order valence-electron chi connectivity index (χ4n) is 3.73. The number of hydrogen-bond donors (Lipinski definition) is 2. The second-order valence-electron chi connectivity index (χ2n) is 7.78. The van der Waals surface area contributed by atoms with Gasteiger partial charge in [0.1, 0.15) is 17.9 Å². The molecule has 1 aliphatic rings. The van der Waals surface area contributed by atoms with Gasteiger partial charge in [-0.2, -0.15) is 0 Å². The predicted octanol–water partition coefficient (Wildman–Crippen LogP) is 1.37. The third kappa shape index (κ3) is 4.54. The first-order valence-corrected chi connectivity index (χ1v) is 9.66. The Bertz CT molecular complexity index is 952. The van der Waals surface area contributed by atoms with Crippen molar-refractivity contribution in [3.63, 3.8) is 0 Å². The summed E-state index contributed by atoms with van der Waals surface area (Å²) in [5.74, 6) is 0.558. The SMILES string of the molecule is COc1ccc(C[C@]2(C)NC(=O)N(C[NH+](C)Cc3cccc(F)c3)C2=O)cc1OC. The van der Waals surface area contributed by atoms with E-state index in [4.69, 9.17) is 9.47 Å². The van der Waals surface area contributed by atoms with Crippen molar-refractivity contribution in [3.05, 3.63) is 59.4 Å². The molecule has 1 saturated heterocycles. The summed E-state index contributed by atoms with van der Waals surface area (Å²) in [4.78, 5) is 27.7. The normalized spacial score (nSPS) is 19.6. The van der Waals surface area contributed by atoms with Crippen LogP contribution in [0.25, 0.3) is 0 Å². The molecule has 2 atom stereocenters. The molecule has 0 radical (unpaired) electrons. The molecule has 7 nitrogen and oxygen atoms in total. The van der Waals surface area contributed by atoms with Crippen molar-refractivity contribution in [2.45, 2.75) is 25.4 Å². The van der Waals surface area contributed by atoms with E-state index >= 15 is 0 Å². The minimum Gasteiger partial charge on any atom is -0.493 e. The van der Waals surface area contributed by atoms with Gasteiger partial charge in [0.15, 0.2) is 18.2 Å². The third-order valence-corrected chi connectivity index (χ3v) is 5.17. The molecule has 30 heavy (non-hydrogen) atoms. The Morgan fingerprint density at radius 2 is 1.80 bits per heavy atom. The molecular weight excluding hydrogens is 389 g/mol. The van der Waals surface area contributed by atoms with Gasteiger partial charge in [0, 0.05) is 12.0 Å². The summed E-state index contributed by atoms with van der Waals surface area (Å²) < 4.78 is 24.0. The summed E-state index contributed by atoms with van der Waals surface area (Å²) in [6.07, 6.45) is 0.317. The zero-order valence-corrected chi connectivity index (χ0v) is 17.6. The number of hydrogen-bond acceptors (Lipinski definition) is 4. The van der Waals surface area contributed by atoms with Crippen LogP contribution in [0.3, 0.4) is 0 Å². The topological polar surface area (TPSA) is 72.3 Å². The quantitative estimate of drug-likeness (QED) is 0.638. The van der Waals surface area contributed by atoms with Gasteiger partial charge in [0.2, 0.25) is 0 Å². The number of amides is 3. The highest BCUT2D eigenvalue weighted by atomic mass is 19.1. The molecule has 1 fully saturated rings. The van der Waals surface area contributed by atoms with E-state index in [2.05, 4.69) is 5.32 Å². The number of ether oxygens (including phenoxy) is 2. The minimum absolute atomic E-state index is 0.183. The maximum Gasteiger partial charge on any atom is 0.329 e. The molecule has 1 unspecified atom stereocenters. The summed E-state index contributed by atoms with van der Waals surface area (Å²) in [5, 5.41) is 2.82. The molecule has 0 bridgehead atoms. The van der Waals surface area contributed by atoms with Gasteiger partial charge in [0.05, 0.1) is 21.3 Å². The monoisotopic (exact) mass is 416 g/mol. The van der Waals surface area contributed by atoms with E-state index in [1.807, 2.05) is 19.2 Å². The van der Waals surface area contributed by atoms with E-state index in [1.54, 1.807) is 39.3 Å². The van der Waals surface area contributed by atoms with Gasteiger partial charge in [-0.3, -0.25) is 4.79 Å². The van der Waals surface area contributed by atoms with Crippen LogP contribution in [0.4, 0.5) is 9.18 Å². The second kappa shape index (κ2) is 8.71. The standard InChI is InChI=1S/C22H26FN3O4/c1-22(12-15-8-9-18(29-3)19(11-15)30-4)20(27)26(21(28)24-22)14-25(2)13-16-6-5-7-17(23)10-16/h5-11H,12-14H2,1-4H3,(H,24,28)/p+1/t22-/m0/s1. The Hall–Kier alpha value is -3.13. The van der Waals surface area contributed by atoms with Crippen molar-refractivity contribution in [2.75, 3.05) is 27.9 Å². The lowest BCUT2D eigenvalue weighted by atomic mass is 9.92. The van der Waals surface area contributed by atoms with Gasteiger partial charge in [-0.15, -0.1) is 0 Å². The van der Waals surface area contributed by atoms with Crippen molar-refractivity contribution >= 4 is 11.9 Å². The van der Waals surface area contributed by atoms with Crippen molar-refractivity contribution in [1.29, 1.82) is 0 Å².